The van der Waals surface area contributed by atoms with Gasteiger partial charge < -0.3 is 10.1 Å². The molecule has 1 aromatic carbocycles. The van der Waals surface area contributed by atoms with Gasteiger partial charge in [-0.1, -0.05) is 0 Å². The number of piperidine rings is 1. The second-order valence-corrected chi connectivity index (χ2v) is 5.67. The fraction of sp³-hybridized carbons (Fsp3) is 0.533. The third kappa shape index (κ3) is 2.90. The van der Waals surface area contributed by atoms with E-state index in [1.807, 2.05) is 0 Å². The number of ether oxygens (including phenoxy) is 1. The molecule has 1 N–H and O–H groups in total. The summed E-state index contributed by atoms with van der Waals surface area (Å²) in [4.78, 5) is 13.5. The van der Waals surface area contributed by atoms with Gasteiger partial charge in [-0.15, -0.1) is 0 Å². The van der Waals surface area contributed by atoms with E-state index >= 15 is 0 Å². The molecule has 2 heterocycles. The van der Waals surface area contributed by atoms with Crippen molar-refractivity contribution in [2.45, 2.75) is 25.1 Å². The highest BCUT2D eigenvalue weighted by Gasteiger charge is 2.40. The van der Waals surface area contributed by atoms with Gasteiger partial charge in [0.2, 0.25) is 0 Å². The molecule has 0 aliphatic carbocycles. The van der Waals surface area contributed by atoms with E-state index in [2.05, 4.69) is 5.32 Å². The lowest BCUT2D eigenvalue weighted by Gasteiger charge is -2.32. The number of hydrogen-bond donors (Lipinski definition) is 1. The zero-order valence-corrected chi connectivity index (χ0v) is 11.9. The summed E-state index contributed by atoms with van der Waals surface area (Å²) in [5.74, 6) is 0.252. The van der Waals surface area contributed by atoms with Gasteiger partial charge in [-0.2, -0.15) is 13.2 Å². The van der Waals surface area contributed by atoms with Crippen molar-refractivity contribution in [2.75, 3.05) is 24.6 Å². The fourth-order valence-corrected chi connectivity index (χ4v) is 3.10. The van der Waals surface area contributed by atoms with Crippen LogP contribution in [0.1, 0.15) is 18.4 Å². The molecule has 22 heavy (non-hydrogen) atoms. The van der Waals surface area contributed by atoms with Crippen molar-refractivity contribution in [3.8, 4) is 0 Å². The summed E-state index contributed by atoms with van der Waals surface area (Å²) in [6.45, 7) is 2.03. The number of alkyl halides is 3. The predicted octanol–water partition coefficient (Wildman–Crippen LogP) is 3.03. The molecule has 2 fully saturated rings. The zero-order valence-electron chi connectivity index (χ0n) is 11.9. The number of carbonyl (C=O) groups excluding carboxylic acids is 1. The van der Waals surface area contributed by atoms with Crippen LogP contribution >= 0.6 is 0 Å². The number of nitrogens with one attached hydrogen (secondary N) is 1. The molecule has 0 bridgehead atoms. The van der Waals surface area contributed by atoms with Crippen molar-refractivity contribution < 1.29 is 22.7 Å². The topological polar surface area (TPSA) is 41.6 Å². The Morgan fingerprint density at radius 3 is 2.55 bits per heavy atom. The largest absolute Gasteiger partial charge is 0.447 e. The molecule has 0 saturated carbocycles. The standard InChI is InChI=1S/C15H17F3N2O2/c16-15(17,18)11-3-5-12(6-4-11)20-13(9-22-14(20)21)10-2-1-7-19-8-10/h3-6,10,13,19H,1-2,7-9H2. The lowest BCUT2D eigenvalue weighted by Crippen LogP contribution is -2.45. The van der Waals surface area contributed by atoms with E-state index in [1.165, 1.54) is 17.0 Å². The Morgan fingerprint density at radius 1 is 1.23 bits per heavy atom. The van der Waals surface area contributed by atoms with Crippen LogP contribution in [-0.2, 0) is 10.9 Å². The maximum Gasteiger partial charge on any atom is 0.416 e. The first kappa shape index (κ1) is 15.1. The van der Waals surface area contributed by atoms with Gasteiger partial charge in [0.05, 0.1) is 11.6 Å². The minimum atomic E-state index is -4.38. The van der Waals surface area contributed by atoms with Gasteiger partial charge in [-0.05, 0) is 49.6 Å². The molecule has 3 rings (SSSR count). The fourth-order valence-electron chi connectivity index (χ4n) is 3.10. The number of nitrogens with zero attached hydrogens (tertiary/aromatic N) is 1. The molecule has 0 radical (unpaired) electrons. The van der Waals surface area contributed by atoms with Crippen LogP contribution in [0.4, 0.5) is 23.7 Å². The quantitative estimate of drug-likeness (QED) is 0.912. The molecule has 2 unspecified atom stereocenters. The molecule has 2 aliphatic heterocycles. The van der Waals surface area contributed by atoms with Crippen molar-refractivity contribution >= 4 is 11.8 Å². The first-order chi connectivity index (χ1) is 10.5. The van der Waals surface area contributed by atoms with E-state index in [0.717, 1.165) is 38.1 Å². The van der Waals surface area contributed by atoms with Gasteiger partial charge in [0.1, 0.15) is 6.61 Å². The second kappa shape index (κ2) is 5.79. The van der Waals surface area contributed by atoms with E-state index in [9.17, 15) is 18.0 Å². The SMILES string of the molecule is O=C1OCC(C2CCCNC2)N1c1ccc(C(F)(F)F)cc1. The van der Waals surface area contributed by atoms with E-state index in [4.69, 9.17) is 4.74 Å². The summed E-state index contributed by atoms with van der Waals surface area (Å²) in [5.41, 5.74) is -0.272. The van der Waals surface area contributed by atoms with Crippen molar-refractivity contribution in [1.82, 2.24) is 5.32 Å². The molecule has 2 atom stereocenters. The Kier molecular flexibility index (Phi) is 3.99. The highest BCUT2D eigenvalue weighted by molar-refractivity contribution is 5.90. The number of amides is 1. The Balaban J connectivity index is 1.82. The number of cyclic esters (lactones) is 1. The van der Waals surface area contributed by atoms with Crippen LogP contribution in [0.2, 0.25) is 0 Å². The molecule has 2 aliphatic rings. The average Bonchev–Trinajstić information content (AvgIpc) is 2.89. The monoisotopic (exact) mass is 314 g/mol. The van der Waals surface area contributed by atoms with Crippen LogP contribution in [0.15, 0.2) is 24.3 Å². The normalized spacial score (nSPS) is 26.1. The van der Waals surface area contributed by atoms with Crippen LogP contribution in [0.3, 0.4) is 0 Å². The van der Waals surface area contributed by atoms with Gasteiger partial charge in [0.15, 0.2) is 0 Å². The van der Waals surface area contributed by atoms with Gasteiger partial charge in [-0.3, -0.25) is 4.90 Å². The third-order valence-corrected chi connectivity index (χ3v) is 4.26. The molecule has 4 nitrogen and oxygen atoms in total. The maximum atomic E-state index is 12.6. The highest BCUT2D eigenvalue weighted by atomic mass is 19.4. The van der Waals surface area contributed by atoms with Crippen LogP contribution in [0, 0.1) is 5.92 Å². The summed E-state index contributed by atoms with van der Waals surface area (Å²) in [7, 11) is 0. The summed E-state index contributed by atoms with van der Waals surface area (Å²) in [6, 6.07) is 4.53. The number of benzene rings is 1. The number of hydrogen-bond acceptors (Lipinski definition) is 3. The maximum absolute atomic E-state index is 12.6. The predicted molar refractivity (Wildman–Crippen MR) is 74.7 cm³/mol. The summed E-state index contributed by atoms with van der Waals surface area (Å²) < 4.78 is 43.0. The summed E-state index contributed by atoms with van der Waals surface area (Å²) >= 11 is 0. The Bertz CT molecular complexity index is 539. The number of halogens is 3. The molecule has 0 spiro atoms. The first-order valence-corrected chi connectivity index (χ1v) is 7.31. The summed E-state index contributed by atoms with van der Waals surface area (Å²) in [6.07, 6.45) is -2.87. The van der Waals surface area contributed by atoms with E-state index in [-0.39, 0.29) is 18.6 Å². The zero-order chi connectivity index (χ0) is 15.7. The van der Waals surface area contributed by atoms with Crippen molar-refractivity contribution in [3.05, 3.63) is 29.8 Å². The van der Waals surface area contributed by atoms with E-state index in [1.54, 1.807) is 0 Å². The van der Waals surface area contributed by atoms with Crippen LogP contribution < -0.4 is 10.2 Å². The van der Waals surface area contributed by atoms with Crippen LogP contribution in [0.25, 0.3) is 0 Å². The van der Waals surface area contributed by atoms with Crippen molar-refractivity contribution in [2.24, 2.45) is 5.92 Å². The molecule has 2 saturated heterocycles. The third-order valence-electron chi connectivity index (χ3n) is 4.26. The Labute approximate surface area is 126 Å². The van der Waals surface area contributed by atoms with E-state index < -0.39 is 17.8 Å². The minimum absolute atomic E-state index is 0.128. The minimum Gasteiger partial charge on any atom is -0.447 e. The first-order valence-electron chi connectivity index (χ1n) is 7.31. The smallest absolute Gasteiger partial charge is 0.416 e. The van der Waals surface area contributed by atoms with E-state index in [0.29, 0.717) is 5.69 Å². The van der Waals surface area contributed by atoms with Crippen molar-refractivity contribution in [1.29, 1.82) is 0 Å². The molecular weight excluding hydrogens is 297 g/mol. The molecule has 120 valence electrons. The van der Waals surface area contributed by atoms with Crippen molar-refractivity contribution in [3.63, 3.8) is 0 Å². The molecule has 7 heteroatoms. The highest BCUT2D eigenvalue weighted by Crippen LogP contribution is 2.33. The Morgan fingerprint density at radius 2 is 1.95 bits per heavy atom. The summed E-state index contributed by atoms with van der Waals surface area (Å²) in [5, 5.41) is 3.29. The van der Waals surface area contributed by atoms with Crippen LogP contribution in [0.5, 0.6) is 0 Å². The molecular formula is C15H17F3N2O2. The molecule has 1 amide bonds. The number of rotatable bonds is 2. The number of carbonyl (C=O) groups is 1. The second-order valence-electron chi connectivity index (χ2n) is 5.67. The Hall–Kier alpha value is -1.76. The lowest BCUT2D eigenvalue weighted by molar-refractivity contribution is -0.137. The van der Waals surface area contributed by atoms with Gasteiger partial charge in [-0.25, -0.2) is 4.79 Å². The average molecular weight is 314 g/mol. The van der Waals surface area contributed by atoms with Gasteiger partial charge >= 0.3 is 12.3 Å². The van der Waals surface area contributed by atoms with Gasteiger partial charge in [0, 0.05) is 12.2 Å². The van der Waals surface area contributed by atoms with Crippen LogP contribution in [-0.4, -0.2) is 31.8 Å². The molecule has 0 aromatic heterocycles. The van der Waals surface area contributed by atoms with Gasteiger partial charge in [0.25, 0.3) is 0 Å². The number of anilines is 1. The molecule has 1 aromatic rings. The lowest BCUT2D eigenvalue weighted by atomic mass is 9.91.